The smallest absolute Gasteiger partial charge is 0.328 e. The molecule has 1 aliphatic rings. The SMILES string of the molecule is COC(=O)C(NS(=O)(=O)N1CCOCC1)c1ccccc1. The summed E-state index contributed by atoms with van der Waals surface area (Å²) < 4.78 is 38.2. The number of esters is 1. The highest BCUT2D eigenvalue weighted by molar-refractivity contribution is 7.87. The molecule has 8 heteroatoms. The van der Waals surface area contributed by atoms with Crippen LogP contribution in [0.1, 0.15) is 11.6 Å². The second-order valence-corrected chi connectivity index (χ2v) is 6.20. The summed E-state index contributed by atoms with van der Waals surface area (Å²) in [6.45, 7) is 1.21. The highest BCUT2D eigenvalue weighted by Gasteiger charge is 2.31. The van der Waals surface area contributed by atoms with E-state index in [0.717, 1.165) is 0 Å². The Bertz CT molecular complexity index is 569. The molecular weight excluding hydrogens is 296 g/mol. The van der Waals surface area contributed by atoms with Crippen molar-refractivity contribution in [3.63, 3.8) is 0 Å². The predicted octanol–water partition coefficient (Wildman–Crippen LogP) is 0.0673. The number of hydrogen-bond acceptors (Lipinski definition) is 5. The van der Waals surface area contributed by atoms with Crippen molar-refractivity contribution in [3.8, 4) is 0 Å². The lowest BCUT2D eigenvalue weighted by atomic mass is 10.1. The van der Waals surface area contributed by atoms with Crippen molar-refractivity contribution >= 4 is 16.2 Å². The van der Waals surface area contributed by atoms with Crippen LogP contribution in [0.15, 0.2) is 30.3 Å². The van der Waals surface area contributed by atoms with Crippen LogP contribution >= 0.6 is 0 Å². The molecule has 0 radical (unpaired) electrons. The Morgan fingerprint density at radius 3 is 2.48 bits per heavy atom. The second kappa shape index (κ2) is 6.99. The van der Waals surface area contributed by atoms with Gasteiger partial charge in [-0.2, -0.15) is 17.4 Å². The van der Waals surface area contributed by atoms with Gasteiger partial charge in [-0.25, -0.2) is 4.79 Å². The number of methoxy groups -OCH3 is 1. The van der Waals surface area contributed by atoms with E-state index in [9.17, 15) is 13.2 Å². The molecule has 7 nitrogen and oxygen atoms in total. The summed E-state index contributed by atoms with van der Waals surface area (Å²) in [4.78, 5) is 11.9. The van der Waals surface area contributed by atoms with Gasteiger partial charge in [-0.05, 0) is 5.56 Å². The van der Waals surface area contributed by atoms with E-state index in [4.69, 9.17) is 9.47 Å². The molecule has 1 fully saturated rings. The molecule has 1 N–H and O–H groups in total. The Morgan fingerprint density at radius 1 is 1.29 bits per heavy atom. The number of nitrogens with one attached hydrogen (secondary N) is 1. The van der Waals surface area contributed by atoms with Gasteiger partial charge in [0.2, 0.25) is 0 Å². The van der Waals surface area contributed by atoms with E-state index in [1.807, 2.05) is 0 Å². The summed E-state index contributed by atoms with van der Waals surface area (Å²) in [5, 5.41) is 0. The number of nitrogens with zero attached hydrogens (tertiary/aromatic N) is 1. The van der Waals surface area contributed by atoms with Crippen molar-refractivity contribution in [1.82, 2.24) is 9.03 Å². The van der Waals surface area contributed by atoms with Gasteiger partial charge in [-0.15, -0.1) is 0 Å². The van der Waals surface area contributed by atoms with Gasteiger partial charge in [0.25, 0.3) is 10.2 Å². The highest BCUT2D eigenvalue weighted by Crippen LogP contribution is 2.17. The van der Waals surface area contributed by atoms with Crippen molar-refractivity contribution in [2.24, 2.45) is 0 Å². The number of carbonyl (C=O) groups is 1. The van der Waals surface area contributed by atoms with Gasteiger partial charge < -0.3 is 9.47 Å². The fraction of sp³-hybridized carbons (Fsp3) is 0.462. The van der Waals surface area contributed by atoms with Crippen LogP contribution in [-0.2, 0) is 24.5 Å². The molecule has 1 aromatic carbocycles. The zero-order valence-corrected chi connectivity index (χ0v) is 12.5. The lowest BCUT2D eigenvalue weighted by Crippen LogP contribution is -2.48. The van der Waals surface area contributed by atoms with Crippen molar-refractivity contribution in [3.05, 3.63) is 35.9 Å². The van der Waals surface area contributed by atoms with Gasteiger partial charge >= 0.3 is 5.97 Å². The number of benzene rings is 1. The average Bonchev–Trinajstić information content (AvgIpc) is 2.53. The van der Waals surface area contributed by atoms with E-state index in [1.165, 1.54) is 11.4 Å². The van der Waals surface area contributed by atoms with Gasteiger partial charge in [0.15, 0.2) is 0 Å². The molecule has 2 rings (SSSR count). The zero-order chi connectivity index (χ0) is 15.3. The number of morpholine rings is 1. The Labute approximate surface area is 124 Å². The first-order valence-electron chi connectivity index (χ1n) is 6.52. The molecular formula is C13H18N2O5S. The summed E-state index contributed by atoms with van der Waals surface area (Å²) in [6, 6.07) is 7.52. The molecule has 1 aromatic rings. The lowest BCUT2D eigenvalue weighted by molar-refractivity contribution is -0.142. The maximum Gasteiger partial charge on any atom is 0.328 e. The Balaban J connectivity index is 2.20. The molecule has 1 heterocycles. The van der Waals surface area contributed by atoms with Crippen LogP contribution < -0.4 is 4.72 Å². The highest BCUT2D eigenvalue weighted by atomic mass is 32.2. The quantitative estimate of drug-likeness (QED) is 0.777. The Kier molecular flexibility index (Phi) is 5.29. The molecule has 21 heavy (non-hydrogen) atoms. The zero-order valence-electron chi connectivity index (χ0n) is 11.7. The van der Waals surface area contributed by atoms with Crippen LogP contribution in [0.25, 0.3) is 0 Å². The van der Waals surface area contributed by atoms with Gasteiger partial charge in [-0.3, -0.25) is 0 Å². The van der Waals surface area contributed by atoms with Gasteiger partial charge in [0.1, 0.15) is 6.04 Å². The molecule has 116 valence electrons. The van der Waals surface area contributed by atoms with Crippen LogP contribution in [0, 0.1) is 0 Å². The van der Waals surface area contributed by atoms with Crippen LogP contribution in [-0.4, -0.2) is 52.1 Å². The van der Waals surface area contributed by atoms with Crippen LogP contribution in [0.5, 0.6) is 0 Å². The van der Waals surface area contributed by atoms with E-state index in [2.05, 4.69) is 4.72 Å². The second-order valence-electron chi connectivity index (χ2n) is 4.50. The normalized spacial score (nSPS) is 18.1. The van der Waals surface area contributed by atoms with Crippen LogP contribution in [0.4, 0.5) is 0 Å². The minimum absolute atomic E-state index is 0.262. The topological polar surface area (TPSA) is 84.9 Å². The summed E-state index contributed by atoms with van der Waals surface area (Å²) >= 11 is 0. The number of carbonyl (C=O) groups excluding carboxylic acids is 1. The van der Waals surface area contributed by atoms with Crippen LogP contribution in [0.3, 0.4) is 0 Å². The first-order chi connectivity index (χ1) is 10.0. The predicted molar refractivity (Wildman–Crippen MR) is 75.6 cm³/mol. The van der Waals surface area contributed by atoms with Gasteiger partial charge in [0.05, 0.1) is 20.3 Å². The van der Waals surface area contributed by atoms with Crippen LogP contribution in [0.2, 0.25) is 0 Å². The average molecular weight is 314 g/mol. The molecule has 0 spiro atoms. The number of rotatable bonds is 5. The largest absolute Gasteiger partial charge is 0.468 e. The first-order valence-corrected chi connectivity index (χ1v) is 7.96. The maximum atomic E-state index is 12.3. The Morgan fingerprint density at radius 2 is 1.90 bits per heavy atom. The van der Waals surface area contributed by atoms with Gasteiger partial charge in [0, 0.05) is 13.1 Å². The number of hydrogen-bond donors (Lipinski definition) is 1. The van der Waals surface area contributed by atoms with E-state index < -0.39 is 22.2 Å². The fourth-order valence-electron chi connectivity index (χ4n) is 2.03. The molecule has 0 aromatic heterocycles. The molecule has 0 aliphatic carbocycles. The van der Waals surface area contributed by atoms with Crippen molar-refractivity contribution in [1.29, 1.82) is 0 Å². The Hall–Kier alpha value is -1.48. The first kappa shape index (κ1) is 15.9. The standard InChI is InChI=1S/C13H18N2O5S/c1-19-13(16)12(11-5-3-2-4-6-11)14-21(17,18)15-7-9-20-10-8-15/h2-6,12,14H,7-10H2,1H3. The minimum Gasteiger partial charge on any atom is -0.468 e. The van der Waals surface area contributed by atoms with Crippen molar-refractivity contribution in [2.45, 2.75) is 6.04 Å². The van der Waals surface area contributed by atoms with E-state index in [1.54, 1.807) is 30.3 Å². The monoisotopic (exact) mass is 314 g/mol. The van der Waals surface area contributed by atoms with E-state index >= 15 is 0 Å². The third kappa shape index (κ3) is 4.01. The summed E-state index contributed by atoms with van der Waals surface area (Å²) in [7, 11) is -2.56. The van der Waals surface area contributed by atoms with Crippen molar-refractivity contribution in [2.75, 3.05) is 33.4 Å². The molecule has 0 bridgehead atoms. The fourth-order valence-corrected chi connectivity index (χ4v) is 3.34. The molecule has 0 saturated carbocycles. The maximum absolute atomic E-state index is 12.3. The lowest BCUT2D eigenvalue weighted by Gasteiger charge is -2.28. The third-order valence-electron chi connectivity index (χ3n) is 3.15. The molecule has 1 unspecified atom stereocenters. The molecule has 1 aliphatic heterocycles. The summed E-state index contributed by atoms with van der Waals surface area (Å²) in [5.74, 6) is -0.655. The summed E-state index contributed by atoms with van der Waals surface area (Å²) in [6.07, 6.45) is 0. The molecule has 1 atom stereocenters. The summed E-state index contributed by atoms with van der Waals surface area (Å²) in [5.41, 5.74) is 0.529. The van der Waals surface area contributed by atoms with E-state index in [-0.39, 0.29) is 13.1 Å². The molecule has 1 saturated heterocycles. The third-order valence-corrected chi connectivity index (χ3v) is 4.73. The molecule has 0 amide bonds. The number of ether oxygens (including phenoxy) is 2. The minimum atomic E-state index is -3.78. The van der Waals surface area contributed by atoms with Gasteiger partial charge in [-0.1, -0.05) is 30.3 Å². The van der Waals surface area contributed by atoms with E-state index in [0.29, 0.717) is 18.8 Å². The van der Waals surface area contributed by atoms with Crippen molar-refractivity contribution < 1.29 is 22.7 Å².